The minimum Gasteiger partial charge on any atom is -0.310 e. The van der Waals surface area contributed by atoms with Crippen LogP contribution in [0.5, 0.6) is 0 Å². The second-order valence-corrected chi connectivity index (χ2v) is 14.3. The van der Waals surface area contributed by atoms with Crippen molar-refractivity contribution in [2.45, 2.75) is 38.5 Å². The molecule has 6 aromatic carbocycles. The van der Waals surface area contributed by atoms with Gasteiger partial charge in [0.1, 0.15) is 0 Å². The molecular weight excluding hydrogens is 591 g/mol. The summed E-state index contributed by atoms with van der Waals surface area (Å²) in [4.78, 5) is 2.43. The van der Waals surface area contributed by atoms with Crippen LogP contribution in [0.25, 0.3) is 39.0 Å². The molecule has 0 heterocycles. The number of nitrogens with zero attached hydrogens (tertiary/aromatic N) is 1. The van der Waals surface area contributed by atoms with Crippen molar-refractivity contribution >= 4 is 22.6 Å². The maximum absolute atomic E-state index is 4.04. The molecule has 0 aliphatic heterocycles. The van der Waals surface area contributed by atoms with Gasteiger partial charge in [-0.3, -0.25) is 0 Å². The molecule has 1 heteroatoms. The van der Waals surface area contributed by atoms with Crippen molar-refractivity contribution in [3.63, 3.8) is 0 Å². The summed E-state index contributed by atoms with van der Waals surface area (Å²) in [5, 5.41) is 0. The van der Waals surface area contributed by atoms with Gasteiger partial charge < -0.3 is 4.90 Å². The molecule has 6 aromatic rings. The summed E-state index contributed by atoms with van der Waals surface area (Å²) >= 11 is 0. The number of hydrogen-bond acceptors (Lipinski definition) is 1. The third kappa shape index (κ3) is 4.76. The van der Waals surface area contributed by atoms with Crippen molar-refractivity contribution in [3.8, 4) is 33.4 Å². The minimum absolute atomic E-state index is 0.0760. The number of rotatable bonds is 7. The van der Waals surface area contributed by atoms with Crippen molar-refractivity contribution < 1.29 is 0 Å². The first-order chi connectivity index (χ1) is 23.7. The normalized spacial score (nSPS) is 14.7. The Labute approximate surface area is 291 Å². The SMILES string of the molecule is C=C/C=C(\C=C)c1ccc(N(c2ccc(-c3ccccc3)cc2)c2cccc3c2-c2cc4c(cc2C3(C)C)-c2ccccc2C4(C)C)cc1. The number of anilines is 3. The highest BCUT2D eigenvalue weighted by atomic mass is 15.1. The summed E-state index contributed by atoms with van der Waals surface area (Å²) < 4.78 is 0. The molecule has 2 aliphatic carbocycles. The fraction of sp³-hybridized carbons (Fsp3) is 0.125. The first kappa shape index (κ1) is 30.7. The van der Waals surface area contributed by atoms with E-state index >= 15 is 0 Å². The van der Waals surface area contributed by atoms with Gasteiger partial charge in [-0.05, 0) is 104 Å². The summed E-state index contributed by atoms with van der Waals surface area (Å²) in [6, 6.07) is 49.2. The molecule has 0 N–H and O–H groups in total. The van der Waals surface area contributed by atoms with Gasteiger partial charge >= 0.3 is 0 Å². The third-order valence-electron chi connectivity index (χ3n) is 10.8. The van der Waals surface area contributed by atoms with Gasteiger partial charge in [-0.2, -0.15) is 0 Å². The number of hydrogen-bond donors (Lipinski definition) is 0. The molecule has 8 rings (SSSR count). The van der Waals surface area contributed by atoms with Crippen molar-refractivity contribution in [2.24, 2.45) is 0 Å². The van der Waals surface area contributed by atoms with Crippen LogP contribution >= 0.6 is 0 Å². The number of fused-ring (bicyclic) bond motifs is 6. The Morgan fingerprint density at radius 2 is 1.10 bits per heavy atom. The molecule has 1 nitrogen and oxygen atoms in total. The third-order valence-corrected chi connectivity index (χ3v) is 10.8. The van der Waals surface area contributed by atoms with Gasteiger partial charge in [0.15, 0.2) is 0 Å². The Kier molecular flexibility index (Phi) is 7.19. The molecule has 2 aliphatic rings. The van der Waals surface area contributed by atoms with E-state index in [2.05, 4.69) is 179 Å². The van der Waals surface area contributed by atoms with Gasteiger partial charge in [0.05, 0.1) is 5.69 Å². The van der Waals surface area contributed by atoms with Crippen LogP contribution in [0, 0.1) is 0 Å². The average molecular weight is 632 g/mol. The van der Waals surface area contributed by atoms with E-state index in [1.807, 2.05) is 18.2 Å². The van der Waals surface area contributed by atoms with E-state index in [-0.39, 0.29) is 10.8 Å². The maximum Gasteiger partial charge on any atom is 0.0543 e. The number of benzene rings is 6. The summed E-state index contributed by atoms with van der Waals surface area (Å²) in [7, 11) is 0. The average Bonchev–Trinajstić information content (AvgIpc) is 3.50. The van der Waals surface area contributed by atoms with Crippen LogP contribution in [0.4, 0.5) is 17.1 Å². The van der Waals surface area contributed by atoms with Crippen LogP contribution in [0.1, 0.15) is 55.5 Å². The van der Waals surface area contributed by atoms with E-state index in [1.54, 1.807) is 0 Å². The van der Waals surface area contributed by atoms with Crippen LogP contribution in [0.2, 0.25) is 0 Å². The zero-order valence-corrected chi connectivity index (χ0v) is 28.8. The van der Waals surface area contributed by atoms with Crippen LogP contribution in [0.3, 0.4) is 0 Å². The monoisotopic (exact) mass is 631 g/mol. The summed E-state index contributed by atoms with van der Waals surface area (Å²) in [6.45, 7) is 17.5. The second kappa shape index (κ2) is 11.5. The lowest BCUT2D eigenvalue weighted by Gasteiger charge is -2.29. The van der Waals surface area contributed by atoms with Gasteiger partial charge in [-0.25, -0.2) is 0 Å². The van der Waals surface area contributed by atoms with E-state index in [0.29, 0.717) is 0 Å². The van der Waals surface area contributed by atoms with Crippen molar-refractivity contribution in [2.75, 3.05) is 4.90 Å². The Balaban J connectivity index is 1.34. The molecule has 0 atom stereocenters. The highest BCUT2D eigenvalue weighted by Gasteiger charge is 2.42. The quantitative estimate of drug-likeness (QED) is 0.158. The summed E-state index contributed by atoms with van der Waals surface area (Å²) in [5.74, 6) is 0. The van der Waals surface area contributed by atoms with Crippen LogP contribution in [-0.4, -0.2) is 0 Å². The molecule has 0 aromatic heterocycles. The van der Waals surface area contributed by atoms with Crippen LogP contribution < -0.4 is 4.90 Å². The summed E-state index contributed by atoms with van der Waals surface area (Å²) in [5.41, 5.74) is 18.7. The Bertz CT molecular complexity index is 2280. The zero-order chi connectivity index (χ0) is 33.9. The Hall–Kier alpha value is -5.66. The lowest BCUT2D eigenvalue weighted by molar-refractivity contribution is 0.652. The van der Waals surface area contributed by atoms with E-state index in [1.165, 1.54) is 61.3 Å². The number of allylic oxidation sites excluding steroid dienone is 4. The molecular formula is C48H41N. The van der Waals surface area contributed by atoms with Crippen molar-refractivity contribution in [1.29, 1.82) is 0 Å². The Morgan fingerprint density at radius 1 is 0.531 bits per heavy atom. The Morgan fingerprint density at radius 3 is 1.80 bits per heavy atom. The van der Waals surface area contributed by atoms with E-state index in [9.17, 15) is 0 Å². The van der Waals surface area contributed by atoms with Crippen LogP contribution in [-0.2, 0) is 10.8 Å². The molecule has 0 radical (unpaired) electrons. The van der Waals surface area contributed by atoms with Gasteiger partial charge in [0, 0.05) is 27.8 Å². The van der Waals surface area contributed by atoms with E-state index < -0.39 is 0 Å². The summed E-state index contributed by atoms with van der Waals surface area (Å²) in [6.07, 6.45) is 5.70. The topological polar surface area (TPSA) is 3.24 Å². The molecule has 0 spiro atoms. The van der Waals surface area contributed by atoms with Gasteiger partial charge in [-0.15, -0.1) is 0 Å². The predicted molar refractivity (Wildman–Crippen MR) is 210 cm³/mol. The fourth-order valence-electron chi connectivity index (χ4n) is 8.22. The molecule has 0 fully saturated rings. The second-order valence-electron chi connectivity index (χ2n) is 14.3. The maximum atomic E-state index is 4.04. The van der Waals surface area contributed by atoms with Gasteiger partial charge in [0.25, 0.3) is 0 Å². The van der Waals surface area contributed by atoms with Gasteiger partial charge in [-0.1, -0.05) is 150 Å². The molecule has 0 bridgehead atoms. The molecule has 49 heavy (non-hydrogen) atoms. The van der Waals surface area contributed by atoms with E-state index in [4.69, 9.17) is 0 Å². The highest BCUT2D eigenvalue weighted by molar-refractivity contribution is 5.97. The predicted octanol–water partition coefficient (Wildman–Crippen LogP) is 13.2. The molecule has 238 valence electrons. The largest absolute Gasteiger partial charge is 0.310 e. The first-order valence-electron chi connectivity index (χ1n) is 17.2. The molecule has 0 unspecified atom stereocenters. The minimum atomic E-state index is -0.154. The molecule has 0 saturated heterocycles. The highest BCUT2D eigenvalue weighted by Crippen LogP contribution is 2.58. The van der Waals surface area contributed by atoms with Crippen molar-refractivity contribution in [1.82, 2.24) is 0 Å². The standard InChI is InChI=1S/C48H41N/c1-7-15-32(8-2)34-22-26-36(27-23-34)49(37-28-24-35(25-29-37)33-16-10-9-11-17-33)45-21-14-20-42-46(45)40-31-43-39(30-44(40)48(42,5)6)38-18-12-13-19-41(38)47(43,3)4/h7-31H,1-2H2,3-6H3/b32-15+. The van der Waals surface area contributed by atoms with Crippen LogP contribution in [0.15, 0.2) is 165 Å². The van der Waals surface area contributed by atoms with Crippen molar-refractivity contribution in [3.05, 3.63) is 193 Å². The zero-order valence-electron chi connectivity index (χ0n) is 28.8. The lowest BCUT2D eigenvalue weighted by atomic mass is 9.79. The fourth-order valence-corrected chi connectivity index (χ4v) is 8.22. The lowest BCUT2D eigenvalue weighted by Crippen LogP contribution is -2.17. The molecule has 0 saturated carbocycles. The smallest absolute Gasteiger partial charge is 0.0543 e. The van der Waals surface area contributed by atoms with E-state index in [0.717, 1.165) is 22.5 Å². The first-order valence-corrected chi connectivity index (χ1v) is 17.2. The molecule has 0 amide bonds. The van der Waals surface area contributed by atoms with Gasteiger partial charge in [0.2, 0.25) is 0 Å².